The highest BCUT2D eigenvalue weighted by Crippen LogP contribution is 2.22. The second-order valence-corrected chi connectivity index (χ2v) is 7.46. The third-order valence-corrected chi connectivity index (χ3v) is 5.06. The van der Waals surface area contributed by atoms with E-state index in [1.165, 1.54) is 17.8 Å². The van der Waals surface area contributed by atoms with E-state index < -0.39 is 5.63 Å². The molecule has 0 spiro atoms. The summed E-state index contributed by atoms with van der Waals surface area (Å²) in [6.45, 7) is 1.97. The van der Waals surface area contributed by atoms with Gasteiger partial charge in [0, 0.05) is 26.4 Å². The molecule has 6 heteroatoms. The lowest BCUT2D eigenvalue weighted by atomic mass is 10.1. The Kier molecular flexibility index (Phi) is 5.60. The number of fused-ring (bicyclic) bond motifs is 1. The van der Waals surface area contributed by atoms with Crippen molar-refractivity contribution in [3.05, 3.63) is 74.6 Å². The van der Waals surface area contributed by atoms with E-state index in [9.17, 15) is 9.59 Å². The minimum absolute atomic E-state index is 0.0465. The normalized spacial score (nSPS) is 10.8. The molecule has 2 aromatic carbocycles. The number of hydrogen-bond donors (Lipinski definition) is 0. The molecule has 0 aliphatic rings. The van der Waals surface area contributed by atoms with E-state index in [2.05, 4.69) is 15.9 Å². The summed E-state index contributed by atoms with van der Waals surface area (Å²) in [6.07, 6.45) is 0. The maximum Gasteiger partial charge on any atom is 0.336 e. The van der Waals surface area contributed by atoms with E-state index in [0.717, 1.165) is 20.3 Å². The van der Waals surface area contributed by atoms with Crippen LogP contribution < -0.4 is 5.63 Å². The van der Waals surface area contributed by atoms with Crippen molar-refractivity contribution < 1.29 is 13.9 Å². The van der Waals surface area contributed by atoms with Crippen LogP contribution in [0, 0.1) is 6.92 Å². The van der Waals surface area contributed by atoms with Gasteiger partial charge >= 0.3 is 11.6 Å². The minimum Gasteiger partial charge on any atom is -0.460 e. The summed E-state index contributed by atoms with van der Waals surface area (Å²) in [6, 6.07) is 14.7. The fourth-order valence-electron chi connectivity index (χ4n) is 2.33. The van der Waals surface area contributed by atoms with Crippen molar-refractivity contribution in [1.29, 1.82) is 0 Å². The molecule has 4 nitrogen and oxygen atoms in total. The van der Waals surface area contributed by atoms with Crippen molar-refractivity contribution in [3.8, 4) is 0 Å². The summed E-state index contributed by atoms with van der Waals surface area (Å²) < 4.78 is 11.5. The van der Waals surface area contributed by atoms with Gasteiger partial charge in [-0.3, -0.25) is 4.79 Å². The Bertz CT molecular complexity index is 963. The summed E-state index contributed by atoms with van der Waals surface area (Å²) in [5.74, 6) is -0.124. The Balaban J connectivity index is 1.65. The number of esters is 1. The zero-order valence-corrected chi connectivity index (χ0v) is 15.9. The molecule has 3 aromatic rings. The lowest BCUT2D eigenvalue weighted by molar-refractivity contribution is -0.141. The van der Waals surface area contributed by atoms with E-state index >= 15 is 0 Å². The average molecular weight is 419 g/mol. The lowest BCUT2D eigenvalue weighted by Gasteiger charge is -2.08. The molecular weight excluding hydrogens is 404 g/mol. The van der Waals surface area contributed by atoms with Gasteiger partial charge < -0.3 is 9.15 Å². The van der Waals surface area contributed by atoms with Gasteiger partial charge in [0.05, 0.1) is 5.75 Å². The molecule has 0 saturated carbocycles. The van der Waals surface area contributed by atoms with Crippen molar-refractivity contribution in [2.24, 2.45) is 0 Å². The maximum atomic E-state index is 12.0. The number of carbonyl (C=O) groups is 1. The molecule has 1 heterocycles. The molecule has 0 saturated heterocycles. The smallest absolute Gasteiger partial charge is 0.336 e. The number of aryl methyl sites for hydroxylation is 1. The van der Waals surface area contributed by atoms with E-state index in [0.29, 0.717) is 11.1 Å². The summed E-state index contributed by atoms with van der Waals surface area (Å²) >= 11 is 4.78. The predicted molar refractivity (Wildman–Crippen MR) is 102 cm³/mol. The Labute approximate surface area is 157 Å². The monoisotopic (exact) mass is 418 g/mol. The molecule has 0 aliphatic heterocycles. The highest BCUT2D eigenvalue weighted by atomic mass is 79.9. The third kappa shape index (κ3) is 4.74. The SMILES string of the molecule is Cc1ccc2c(COC(=O)CSc3ccc(Br)cc3)cc(=O)oc2c1. The van der Waals surface area contributed by atoms with Crippen molar-refractivity contribution in [3.63, 3.8) is 0 Å². The minimum atomic E-state index is -0.451. The topological polar surface area (TPSA) is 56.5 Å². The first-order valence-corrected chi connectivity index (χ1v) is 9.36. The van der Waals surface area contributed by atoms with Crippen LogP contribution in [0.15, 0.2) is 67.1 Å². The molecule has 0 atom stereocenters. The molecule has 0 fully saturated rings. The van der Waals surface area contributed by atoms with E-state index in [1.54, 1.807) is 6.07 Å². The van der Waals surface area contributed by atoms with Gasteiger partial charge in [-0.15, -0.1) is 11.8 Å². The average Bonchev–Trinajstić information content (AvgIpc) is 2.58. The first-order valence-electron chi connectivity index (χ1n) is 7.58. The molecule has 0 unspecified atom stereocenters. The standard InChI is InChI=1S/C19H15BrO4S/c1-12-2-7-16-13(9-18(21)24-17(16)8-12)10-23-19(22)11-25-15-5-3-14(20)4-6-15/h2-9H,10-11H2,1H3. The van der Waals surface area contributed by atoms with Crippen LogP contribution >= 0.6 is 27.7 Å². The van der Waals surface area contributed by atoms with Crippen LogP contribution in [-0.4, -0.2) is 11.7 Å². The molecule has 25 heavy (non-hydrogen) atoms. The number of carbonyl (C=O) groups excluding carboxylic acids is 1. The molecule has 0 aliphatic carbocycles. The number of benzene rings is 2. The van der Waals surface area contributed by atoms with Crippen LogP contribution in [0.25, 0.3) is 11.0 Å². The summed E-state index contributed by atoms with van der Waals surface area (Å²) in [5.41, 5.74) is 1.69. The van der Waals surface area contributed by atoms with Gasteiger partial charge in [-0.05, 0) is 42.8 Å². The zero-order valence-electron chi connectivity index (χ0n) is 13.5. The fraction of sp³-hybridized carbons (Fsp3) is 0.158. The highest BCUT2D eigenvalue weighted by molar-refractivity contribution is 9.10. The third-order valence-electron chi connectivity index (χ3n) is 3.54. The van der Waals surface area contributed by atoms with Crippen LogP contribution in [0.5, 0.6) is 0 Å². The predicted octanol–water partition coefficient (Wildman–Crippen LogP) is 4.70. The second kappa shape index (κ2) is 7.89. The van der Waals surface area contributed by atoms with E-state index in [-0.39, 0.29) is 18.3 Å². The molecule has 3 rings (SSSR count). The quantitative estimate of drug-likeness (QED) is 0.341. The molecule has 0 bridgehead atoms. The highest BCUT2D eigenvalue weighted by Gasteiger charge is 2.10. The maximum absolute atomic E-state index is 12.0. The van der Waals surface area contributed by atoms with Crippen LogP contribution in [0.1, 0.15) is 11.1 Å². The summed E-state index contributed by atoms with van der Waals surface area (Å²) in [5, 5.41) is 0.776. The van der Waals surface area contributed by atoms with Crippen LogP contribution in [0.2, 0.25) is 0 Å². The van der Waals surface area contributed by atoms with Gasteiger partial charge in [0.25, 0.3) is 0 Å². The molecular formula is C19H15BrO4S. The van der Waals surface area contributed by atoms with Gasteiger partial charge in [0.1, 0.15) is 12.2 Å². The Morgan fingerprint density at radius 1 is 1.16 bits per heavy atom. The summed E-state index contributed by atoms with van der Waals surface area (Å²) in [4.78, 5) is 24.6. The summed E-state index contributed by atoms with van der Waals surface area (Å²) in [7, 11) is 0. The van der Waals surface area contributed by atoms with Gasteiger partial charge in [-0.2, -0.15) is 0 Å². The zero-order chi connectivity index (χ0) is 17.8. The molecule has 0 radical (unpaired) electrons. The van der Waals surface area contributed by atoms with Gasteiger partial charge in [-0.25, -0.2) is 4.79 Å². The number of thioether (sulfide) groups is 1. The van der Waals surface area contributed by atoms with Gasteiger partial charge in [0.2, 0.25) is 0 Å². The van der Waals surface area contributed by atoms with Crippen LogP contribution in [-0.2, 0) is 16.1 Å². The number of halogens is 1. The van der Waals surface area contributed by atoms with E-state index in [4.69, 9.17) is 9.15 Å². The Hall–Kier alpha value is -2.05. The van der Waals surface area contributed by atoms with Crippen LogP contribution in [0.3, 0.4) is 0 Å². The fourth-order valence-corrected chi connectivity index (χ4v) is 3.29. The van der Waals surface area contributed by atoms with Gasteiger partial charge in [-0.1, -0.05) is 28.1 Å². The Morgan fingerprint density at radius 3 is 2.68 bits per heavy atom. The van der Waals surface area contributed by atoms with Crippen molar-refractivity contribution in [2.75, 3.05) is 5.75 Å². The van der Waals surface area contributed by atoms with Crippen molar-refractivity contribution in [1.82, 2.24) is 0 Å². The molecule has 0 amide bonds. The van der Waals surface area contributed by atoms with E-state index in [1.807, 2.05) is 43.3 Å². The lowest BCUT2D eigenvalue weighted by Crippen LogP contribution is -2.09. The molecule has 1 aromatic heterocycles. The van der Waals surface area contributed by atoms with Crippen molar-refractivity contribution in [2.45, 2.75) is 18.4 Å². The van der Waals surface area contributed by atoms with Crippen molar-refractivity contribution >= 4 is 44.6 Å². The molecule has 0 N–H and O–H groups in total. The number of rotatable bonds is 5. The Morgan fingerprint density at radius 2 is 1.92 bits per heavy atom. The first-order chi connectivity index (χ1) is 12.0. The number of hydrogen-bond acceptors (Lipinski definition) is 5. The van der Waals surface area contributed by atoms with Crippen LogP contribution in [0.4, 0.5) is 0 Å². The second-order valence-electron chi connectivity index (χ2n) is 5.49. The van der Waals surface area contributed by atoms with Gasteiger partial charge in [0.15, 0.2) is 0 Å². The largest absolute Gasteiger partial charge is 0.460 e. The first kappa shape index (κ1) is 17.8. The molecule has 128 valence electrons. The number of ether oxygens (including phenoxy) is 1.